The lowest BCUT2D eigenvalue weighted by Gasteiger charge is -2.19. The summed E-state index contributed by atoms with van der Waals surface area (Å²) in [7, 11) is 1.31. The van der Waals surface area contributed by atoms with E-state index in [1.165, 1.54) is 7.11 Å². The summed E-state index contributed by atoms with van der Waals surface area (Å²) < 4.78 is 4.64. The van der Waals surface area contributed by atoms with Crippen LogP contribution in [-0.4, -0.2) is 31.4 Å². The molecule has 1 N–H and O–H groups in total. The number of benzene rings is 2. The molecule has 2 amide bonds. The van der Waals surface area contributed by atoms with Crippen molar-refractivity contribution >= 4 is 40.8 Å². The number of anilines is 2. The largest absolute Gasteiger partial charge is 0.465 e. The van der Waals surface area contributed by atoms with Gasteiger partial charge < -0.3 is 15.0 Å². The van der Waals surface area contributed by atoms with E-state index >= 15 is 0 Å². The van der Waals surface area contributed by atoms with Crippen molar-refractivity contribution in [1.29, 1.82) is 0 Å². The second-order valence-corrected chi connectivity index (χ2v) is 6.75. The van der Waals surface area contributed by atoms with Crippen LogP contribution in [0.15, 0.2) is 42.5 Å². The van der Waals surface area contributed by atoms with Crippen LogP contribution in [0.3, 0.4) is 0 Å². The first-order chi connectivity index (χ1) is 12.9. The van der Waals surface area contributed by atoms with E-state index < -0.39 is 11.9 Å². The summed E-state index contributed by atoms with van der Waals surface area (Å²) in [6.45, 7) is 2.15. The molecule has 0 radical (unpaired) electrons. The zero-order chi connectivity index (χ0) is 19.6. The molecule has 2 aromatic rings. The van der Waals surface area contributed by atoms with Gasteiger partial charge >= 0.3 is 5.97 Å². The average Bonchev–Trinajstić information content (AvgIpc) is 3.05. The molecular weight excluding hydrogens is 368 g/mol. The third-order valence-electron chi connectivity index (χ3n) is 4.60. The smallest absolute Gasteiger partial charge is 0.337 e. The van der Waals surface area contributed by atoms with Gasteiger partial charge in [0.25, 0.3) is 0 Å². The summed E-state index contributed by atoms with van der Waals surface area (Å²) in [5.74, 6) is -1.25. The van der Waals surface area contributed by atoms with Gasteiger partial charge in [-0.25, -0.2) is 4.79 Å². The predicted octanol–water partition coefficient (Wildman–Crippen LogP) is 3.43. The second-order valence-electron chi connectivity index (χ2n) is 6.35. The van der Waals surface area contributed by atoms with E-state index in [1.54, 1.807) is 41.3 Å². The maximum absolute atomic E-state index is 12.6. The fraction of sp³-hybridized carbons (Fsp3) is 0.250. The van der Waals surface area contributed by atoms with Crippen molar-refractivity contribution in [1.82, 2.24) is 0 Å². The molecule has 2 aromatic carbocycles. The Morgan fingerprint density at radius 1 is 1.19 bits per heavy atom. The number of hydrogen-bond donors (Lipinski definition) is 1. The van der Waals surface area contributed by atoms with Gasteiger partial charge in [-0.3, -0.25) is 9.59 Å². The minimum atomic E-state index is -0.462. The third-order valence-corrected chi connectivity index (χ3v) is 5.01. The number of nitrogens with one attached hydrogen (secondary N) is 1. The number of ether oxygens (including phenoxy) is 1. The van der Waals surface area contributed by atoms with Crippen molar-refractivity contribution in [2.75, 3.05) is 23.9 Å². The van der Waals surface area contributed by atoms with Crippen LogP contribution >= 0.6 is 11.6 Å². The van der Waals surface area contributed by atoms with Crippen LogP contribution in [-0.2, 0) is 14.3 Å². The number of amides is 2. The quantitative estimate of drug-likeness (QED) is 0.817. The molecule has 7 heteroatoms. The number of methoxy groups -OCH3 is 1. The molecule has 1 atom stereocenters. The van der Waals surface area contributed by atoms with Crippen LogP contribution in [0.25, 0.3) is 0 Å². The predicted molar refractivity (Wildman–Crippen MR) is 103 cm³/mol. The van der Waals surface area contributed by atoms with E-state index in [0.717, 1.165) is 11.3 Å². The lowest BCUT2D eigenvalue weighted by Crippen LogP contribution is -2.28. The highest BCUT2D eigenvalue weighted by molar-refractivity contribution is 6.31. The van der Waals surface area contributed by atoms with Gasteiger partial charge in [-0.2, -0.15) is 0 Å². The Hall–Kier alpha value is -2.86. The van der Waals surface area contributed by atoms with E-state index in [2.05, 4.69) is 10.1 Å². The van der Waals surface area contributed by atoms with E-state index in [0.29, 0.717) is 22.8 Å². The molecule has 1 heterocycles. The summed E-state index contributed by atoms with van der Waals surface area (Å²) in [5, 5.41) is 3.37. The third kappa shape index (κ3) is 3.95. The molecule has 0 aliphatic carbocycles. The van der Waals surface area contributed by atoms with E-state index in [-0.39, 0.29) is 18.2 Å². The van der Waals surface area contributed by atoms with Gasteiger partial charge in [0.1, 0.15) is 0 Å². The zero-order valence-corrected chi connectivity index (χ0v) is 15.7. The number of rotatable bonds is 4. The molecule has 1 aliphatic heterocycles. The Morgan fingerprint density at radius 3 is 2.56 bits per heavy atom. The van der Waals surface area contributed by atoms with Crippen LogP contribution in [0.4, 0.5) is 11.4 Å². The Kier molecular flexibility index (Phi) is 5.46. The maximum Gasteiger partial charge on any atom is 0.337 e. The van der Waals surface area contributed by atoms with Gasteiger partial charge in [0.2, 0.25) is 11.8 Å². The average molecular weight is 387 g/mol. The normalized spacial score (nSPS) is 16.3. The van der Waals surface area contributed by atoms with Crippen LogP contribution < -0.4 is 10.2 Å². The highest BCUT2D eigenvalue weighted by atomic mass is 35.5. The molecule has 1 saturated heterocycles. The van der Waals surface area contributed by atoms with Gasteiger partial charge in [0, 0.05) is 29.4 Å². The van der Waals surface area contributed by atoms with Gasteiger partial charge in [0.05, 0.1) is 18.6 Å². The van der Waals surface area contributed by atoms with Crippen molar-refractivity contribution in [3.8, 4) is 0 Å². The van der Waals surface area contributed by atoms with Crippen molar-refractivity contribution in [2.24, 2.45) is 5.92 Å². The van der Waals surface area contributed by atoms with Crippen LogP contribution in [0, 0.1) is 12.8 Å². The first kappa shape index (κ1) is 18.9. The van der Waals surface area contributed by atoms with E-state index in [9.17, 15) is 14.4 Å². The Labute approximate surface area is 162 Å². The molecule has 1 fully saturated rings. The fourth-order valence-electron chi connectivity index (χ4n) is 3.06. The fourth-order valence-corrected chi connectivity index (χ4v) is 3.23. The van der Waals surface area contributed by atoms with Crippen LogP contribution in [0.2, 0.25) is 5.02 Å². The zero-order valence-electron chi connectivity index (χ0n) is 15.0. The lowest BCUT2D eigenvalue weighted by molar-refractivity contribution is -0.122. The van der Waals surface area contributed by atoms with Crippen LogP contribution in [0.1, 0.15) is 22.3 Å². The van der Waals surface area contributed by atoms with E-state index in [4.69, 9.17) is 11.6 Å². The number of nitrogens with zero attached hydrogens (tertiary/aromatic N) is 1. The van der Waals surface area contributed by atoms with Crippen molar-refractivity contribution in [2.45, 2.75) is 13.3 Å². The SMILES string of the molecule is COC(=O)c1ccc(NC(=O)[C@H]2CC(=O)N(c3cccc(Cl)c3C)C2)cc1. The van der Waals surface area contributed by atoms with Gasteiger partial charge in [0.15, 0.2) is 0 Å². The molecule has 0 spiro atoms. The summed E-state index contributed by atoms with van der Waals surface area (Å²) >= 11 is 6.14. The minimum Gasteiger partial charge on any atom is -0.465 e. The molecular formula is C20H19ClN2O4. The van der Waals surface area contributed by atoms with Crippen molar-refractivity contribution in [3.63, 3.8) is 0 Å². The molecule has 0 saturated carbocycles. The summed E-state index contributed by atoms with van der Waals surface area (Å²) in [5.41, 5.74) is 2.49. The number of halogens is 1. The Balaban J connectivity index is 1.69. The summed E-state index contributed by atoms with van der Waals surface area (Å²) in [6, 6.07) is 11.8. The van der Waals surface area contributed by atoms with Gasteiger partial charge in [-0.15, -0.1) is 0 Å². The number of hydrogen-bond acceptors (Lipinski definition) is 4. The lowest BCUT2D eigenvalue weighted by atomic mass is 10.1. The molecule has 140 valence electrons. The van der Waals surface area contributed by atoms with Gasteiger partial charge in [-0.05, 0) is 48.9 Å². The molecule has 0 aromatic heterocycles. The summed E-state index contributed by atoms with van der Waals surface area (Å²) in [6.07, 6.45) is 0.137. The molecule has 0 bridgehead atoms. The van der Waals surface area contributed by atoms with Crippen LogP contribution in [0.5, 0.6) is 0 Å². The monoisotopic (exact) mass is 386 g/mol. The number of carbonyl (C=O) groups excluding carboxylic acids is 3. The highest BCUT2D eigenvalue weighted by Crippen LogP contribution is 2.31. The first-order valence-electron chi connectivity index (χ1n) is 8.45. The standard InChI is InChI=1S/C20H19ClN2O4/c1-12-16(21)4-3-5-17(12)23-11-14(10-18(23)24)19(25)22-15-8-6-13(7-9-15)20(26)27-2/h3-9,14H,10-11H2,1-2H3,(H,22,25)/t14-/m0/s1. The topological polar surface area (TPSA) is 75.7 Å². The summed E-state index contributed by atoms with van der Waals surface area (Å²) in [4.78, 5) is 38.0. The number of carbonyl (C=O) groups is 3. The molecule has 6 nitrogen and oxygen atoms in total. The molecule has 27 heavy (non-hydrogen) atoms. The second kappa shape index (κ2) is 7.80. The van der Waals surface area contributed by atoms with Crippen molar-refractivity contribution < 1.29 is 19.1 Å². The molecule has 0 unspecified atom stereocenters. The molecule has 3 rings (SSSR count). The Morgan fingerprint density at radius 2 is 1.89 bits per heavy atom. The Bertz CT molecular complexity index is 895. The van der Waals surface area contributed by atoms with Crippen molar-refractivity contribution in [3.05, 3.63) is 58.6 Å². The highest BCUT2D eigenvalue weighted by Gasteiger charge is 2.35. The number of esters is 1. The van der Waals surface area contributed by atoms with E-state index in [1.807, 2.05) is 13.0 Å². The van der Waals surface area contributed by atoms with Gasteiger partial charge in [-0.1, -0.05) is 17.7 Å². The molecule has 1 aliphatic rings. The minimum absolute atomic E-state index is 0.110. The maximum atomic E-state index is 12.6. The first-order valence-corrected chi connectivity index (χ1v) is 8.83.